The molecule has 158 valence electrons. The van der Waals surface area contributed by atoms with Gasteiger partial charge in [0.25, 0.3) is 5.91 Å². The molecule has 0 bridgehead atoms. The summed E-state index contributed by atoms with van der Waals surface area (Å²) in [5.41, 5.74) is -0.0277. The number of ether oxygens (including phenoxy) is 2. The third-order valence-corrected chi connectivity index (χ3v) is 6.00. The zero-order valence-corrected chi connectivity index (χ0v) is 17.2. The van der Waals surface area contributed by atoms with Crippen molar-refractivity contribution in [3.63, 3.8) is 0 Å². The molecule has 2 aromatic carbocycles. The number of nitrogens with one attached hydrogen (secondary N) is 1. The van der Waals surface area contributed by atoms with Gasteiger partial charge in [-0.05, 0) is 42.5 Å². The number of furan rings is 1. The highest BCUT2D eigenvalue weighted by atomic mass is 32.2. The Morgan fingerprint density at radius 1 is 1.10 bits per heavy atom. The van der Waals surface area contributed by atoms with Crippen molar-refractivity contribution in [1.82, 2.24) is 0 Å². The van der Waals surface area contributed by atoms with Crippen LogP contribution in [0.5, 0.6) is 17.2 Å². The average molecular weight is 431 g/mol. The maximum atomic E-state index is 12.4. The Hall–Kier alpha value is -3.46. The molecule has 3 rings (SSSR count). The predicted molar refractivity (Wildman–Crippen MR) is 110 cm³/mol. The van der Waals surface area contributed by atoms with Crippen molar-refractivity contribution in [3.05, 3.63) is 66.1 Å². The lowest BCUT2D eigenvalue weighted by Crippen LogP contribution is -2.12. The van der Waals surface area contributed by atoms with Crippen LogP contribution in [0.4, 0.5) is 5.69 Å². The van der Waals surface area contributed by atoms with E-state index in [0.717, 1.165) is 0 Å². The minimum atomic E-state index is -3.48. The van der Waals surface area contributed by atoms with Crippen molar-refractivity contribution < 1.29 is 32.2 Å². The van der Waals surface area contributed by atoms with E-state index in [1.165, 1.54) is 31.2 Å². The van der Waals surface area contributed by atoms with E-state index < -0.39 is 15.7 Å². The van der Waals surface area contributed by atoms with Crippen LogP contribution in [0.15, 0.2) is 63.9 Å². The largest absolute Gasteiger partial charge is 0.506 e. The van der Waals surface area contributed by atoms with Gasteiger partial charge in [0.2, 0.25) is 0 Å². The summed E-state index contributed by atoms with van der Waals surface area (Å²) in [6.45, 7) is 1.61. The van der Waals surface area contributed by atoms with E-state index in [4.69, 9.17) is 13.9 Å². The number of benzene rings is 2. The molecule has 1 heterocycles. The van der Waals surface area contributed by atoms with E-state index in [1.54, 1.807) is 37.4 Å². The topological polar surface area (TPSA) is 115 Å². The first-order valence-electron chi connectivity index (χ1n) is 9.05. The van der Waals surface area contributed by atoms with Crippen LogP contribution in [0.2, 0.25) is 0 Å². The fraction of sp³-hybridized carbons (Fsp3) is 0.190. The lowest BCUT2D eigenvalue weighted by molar-refractivity contribution is 0.0992. The number of hydrogen-bond donors (Lipinski definition) is 2. The lowest BCUT2D eigenvalue weighted by Gasteiger charge is -2.09. The smallest absolute Gasteiger partial charge is 0.291 e. The summed E-state index contributed by atoms with van der Waals surface area (Å²) in [4.78, 5) is 12.4. The SMILES string of the molecule is CCS(=O)(=O)c1ccc(O)c(NC(=O)c2ccc(COc3cccc(OC)c3)o2)c1. The first-order valence-corrected chi connectivity index (χ1v) is 10.7. The van der Waals surface area contributed by atoms with Crippen molar-refractivity contribution in [3.8, 4) is 17.2 Å². The molecular formula is C21H21NO7S. The van der Waals surface area contributed by atoms with Crippen molar-refractivity contribution in [2.45, 2.75) is 18.4 Å². The van der Waals surface area contributed by atoms with Gasteiger partial charge in [-0.1, -0.05) is 13.0 Å². The van der Waals surface area contributed by atoms with Crippen LogP contribution >= 0.6 is 0 Å². The third kappa shape index (κ3) is 4.93. The maximum Gasteiger partial charge on any atom is 0.291 e. The number of phenolic OH excluding ortho intramolecular Hbond substituents is 1. The molecule has 1 amide bonds. The van der Waals surface area contributed by atoms with Crippen LogP contribution in [-0.2, 0) is 16.4 Å². The molecule has 0 unspecified atom stereocenters. The molecule has 3 aromatic rings. The Bertz CT molecular complexity index is 1150. The van der Waals surface area contributed by atoms with E-state index in [-0.39, 0.29) is 34.5 Å². The molecule has 30 heavy (non-hydrogen) atoms. The fourth-order valence-corrected chi connectivity index (χ4v) is 3.49. The van der Waals surface area contributed by atoms with Crippen molar-refractivity contribution in [1.29, 1.82) is 0 Å². The van der Waals surface area contributed by atoms with E-state index in [1.807, 2.05) is 0 Å². The van der Waals surface area contributed by atoms with Gasteiger partial charge in [-0.25, -0.2) is 8.42 Å². The molecule has 0 aliphatic rings. The van der Waals surface area contributed by atoms with Crippen LogP contribution in [0.1, 0.15) is 23.2 Å². The zero-order valence-electron chi connectivity index (χ0n) is 16.4. The fourth-order valence-electron chi connectivity index (χ4n) is 2.58. The highest BCUT2D eigenvalue weighted by Gasteiger charge is 2.17. The molecule has 0 aliphatic carbocycles. The van der Waals surface area contributed by atoms with Gasteiger partial charge < -0.3 is 24.3 Å². The number of amides is 1. The number of hydrogen-bond acceptors (Lipinski definition) is 7. The van der Waals surface area contributed by atoms with E-state index in [9.17, 15) is 18.3 Å². The summed E-state index contributed by atoms with van der Waals surface area (Å²) in [5.74, 6) is 0.641. The van der Waals surface area contributed by atoms with Crippen LogP contribution in [0, 0.1) is 0 Å². The van der Waals surface area contributed by atoms with Gasteiger partial charge in [-0.15, -0.1) is 0 Å². The van der Waals surface area contributed by atoms with Gasteiger partial charge in [0.1, 0.15) is 29.6 Å². The van der Waals surface area contributed by atoms with Crippen LogP contribution < -0.4 is 14.8 Å². The zero-order chi connectivity index (χ0) is 21.7. The lowest BCUT2D eigenvalue weighted by atomic mass is 10.3. The monoisotopic (exact) mass is 431 g/mol. The number of methoxy groups -OCH3 is 1. The number of rotatable bonds is 8. The summed E-state index contributed by atoms with van der Waals surface area (Å²) < 4.78 is 40.3. The van der Waals surface area contributed by atoms with Gasteiger partial charge in [0.05, 0.1) is 23.4 Å². The molecule has 2 N–H and O–H groups in total. The van der Waals surface area contributed by atoms with Crippen LogP contribution in [0.3, 0.4) is 0 Å². The normalized spacial score (nSPS) is 11.1. The Kier molecular flexibility index (Phi) is 6.31. The maximum absolute atomic E-state index is 12.4. The molecule has 0 fully saturated rings. The molecule has 0 radical (unpaired) electrons. The van der Waals surface area contributed by atoms with Gasteiger partial charge in [0.15, 0.2) is 15.6 Å². The third-order valence-electron chi connectivity index (χ3n) is 4.26. The second-order valence-electron chi connectivity index (χ2n) is 6.27. The molecule has 0 saturated carbocycles. The first-order chi connectivity index (χ1) is 14.3. The predicted octanol–water partition coefficient (Wildman–Crippen LogP) is 3.62. The average Bonchev–Trinajstić information content (AvgIpc) is 3.23. The Labute approximate surface area is 174 Å². The molecule has 0 aliphatic heterocycles. The van der Waals surface area contributed by atoms with Gasteiger partial charge in [-0.2, -0.15) is 0 Å². The molecule has 1 aromatic heterocycles. The summed E-state index contributed by atoms with van der Waals surface area (Å²) >= 11 is 0. The summed E-state index contributed by atoms with van der Waals surface area (Å²) in [5, 5.41) is 12.4. The van der Waals surface area contributed by atoms with Crippen molar-refractivity contribution >= 4 is 21.4 Å². The number of sulfone groups is 1. The number of carbonyl (C=O) groups excluding carboxylic acids is 1. The van der Waals surface area contributed by atoms with Gasteiger partial charge in [-0.3, -0.25) is 4.79 Å². The van der Waals surface area contributed by atoms with Crippen LogP contribution in [0.25, 0.3) is 0 Å². The molecule has 8 nitrogen and oxygen atoms in total. The van der Waals surface area contributed by atoms with Crippen molar-refractivity contribution in [2.75, 3.05) is 18.2 Å². The second kappa shape index (κ2) is 8.91. The standard InChI is InChI=1S/C21H21NO7S/c1-3-30(25,26)17-8-9-19(23)18(12-17)22-21(24)20-10-7-16(29-20)13-28-15-6-4-5-14(11-15)27-2/h4-12,23H,3,13H2,1-2H3,(H,22,24). The molecule has 0 spiro atoms. The van der Waals surface area contributed by atoms with Crippen LogP contribution in [-0.4, -0.2) is 32.3 Å². The number of aromatic hydroxyl groups is 1. The Balaban J connectivity index is 1.69. The molecule has 0 saturated heterocycles. The highest BCUT2D eigenvalue weighted by molar-refractivity contribution is 7.91. The molecule has 9 heteroatoms. The minimum absolute atomic E-state index is 0.00456. The first kappa shape index (κ1) is 21.3. The second-order valence-corrected chi connectivity index (χ2v) is 8.55. The minimum Gasteiger partial charge on any atom is -0.506 e. The quantitative estimate of drug-likeness (QED) is 0.524. The molecule has 0 atom stereocenters. The summed E-state index contributed by atoms with van der Waals surface area (Å²) in [7, 11) is -1.93. The summed E-state index contributed by atoms with van der Waals surface area (Å²) in [6, 6.07) is 13.8. The highest BCUT2D eigenvalue weighted by Crippen LogP contribution is 2.28. The number of phenols is 1. The van der Waals surface area contributed by atoms with Crippen molar-refractivity contribution in [2.24, 2.45) is 0 Å². The number of anilines is 1. The van der Waals surface area contributed by atoms with E-state index in [0.29, 0.717) is 17.3 Å². The van der Waals surface area contributed by atoms with E-state index in [2.05, 4.69) is 5.32 Å². The summed E-state index contributed by atoms with van der Waals surface area (Å²) in [6.07, 6.45) is 0. The molecular weight excluding hydrogens is 410 g/mol. The van der Waals surface area contributed by atoms with Gasteiger partial charge >= 0.3 is 0 Å². The van der Waals surface area contributed by atoms with Gasteiger partial charge in [0, 0.05) is 6.07 Å². The Morgan fingerprint density at radius 2 is 1.87 bits per heavy atom. The Morgan fingerprint density at radius 3 is 2.60 bits per heavy atom. The van der Waals surface area contributed by atoms with E-state index >= 15 is 0 Å². The number of carbonyl (C=O) groups is 1.